The molecule has 0 saturated carbocycles. The molecule has 0 radical (unpaired) electrons. The predicted octanol–water partition coefficient (Wildman–Crippen LogP) is 24.7. The van der Waals surface area contributed by atoms with Gasteiger partial charge in [0.05, 0.1) is 0 Å². The first-order valence-corrected chi connectivity index (χ1v) is 33.8. The second-order valence-corrected chi connectivity index (χ2v) is 23.8. The van der Waals surface area contributed by atoms with Crippen LogP contribution in [0.5, 0.6) is 46.0 Å². The fraction of sp³-hybridized carbons (Fsp3) is 0.0659. The van der Waals surface area contributed by atoms with E-state index < -0.39 is 0 Å². The third-order valence-electron chi connectivity index (χ3n) is 16.5. The molecule has 1 aliphatic heterocycles. The van der Waals surface area contributed by atoms with Gasteiger partial charge in [0.15, 0.2) is 0 Å². The molecule has 0 spiro atoms. The molecule has 1 fully saturated rings. The van der Waals surface area contributed by atoms with E-state index in [0.29, 0.717) is 24.7 Å². The van der Waals surface area contributed by atoms with Gasteiger partial charge in [-0.2, -0.15) is 0 Å². The summed E-state index contributed by atoms with van der Waals surface area (Å²) in [6.45, 7) is 3.00. The Labute approximate surface area is 618 Å². The van der Waals surface area contributed by atoms with E-state index in [1.165, 1.54) is 12.8 Å². The minimum atomic E-state index is 0. The summed E-state index contributed by atoms with van der Waals surface area (Å²) in [5.41, 5.74) is 13.7. The fourth-order valence-electron chi connectivity index (χ4n) is 11.7. The molecule has 14 aromatic rings. The van der Waals surface area contributed by atoms with E-state index in [9.17, 15) is 10.2 Å². The van der Waals surface area contributed by atoms with E-state index in [2.05, 4.69) is 129 Å². The molecule has 14 aromatic carbocycles. The van der Waals surface area contributed by atoms with Crippen LogP contribution in [0.2, 0.25) is 0 Å². The molecule has 2 N–H and O–H groups in total. The summed E-state index contributed by atoms with van der Waals surface area (Å²) in [6.07, 6.45) is 2.56. The van der Waals surface area contributed by atoms with Crippen molar-refractivity contribution in [3.8, 4) is 46.0 Å². The summed E-state index contributed by atoms with van der Waals surface area (Å²) in [6, 6.07) is 124. The Kier molecular flexibility index (Phi) is 25.6. The summed E-state index contributed by atoms with van der Waals surface area (Å²) in [7, 11) is 0. The van der Waals surface area contributed by atoms with Crippen LogP contribution in [0, 0.1) is 7.43 Å². The van der Waals surface area contributed by atoms with Crippen molar-refractivity contribution in [2.24, 2.45) is 0 Å². The number of phenols is 2. The van der Waals surface area contributed by atoms with Crippen LogP contribution in [0.1, 0.15) is 24.0 Å². The molecule has 0 unspecified atom stereocenters. The predicted molar refractivity (Wildman–Crippen MR) is 416 cm³/mol. The summed E-state index contributed by atoms with van der Waals surface area (Å²) < 4.78 is 30.2. The molecule has 0 amide bonds. The average Bonchev–Trinajstić information content (AvgIpc) is 1.20. The Morgan fingerprint density at radius 3 is 0.777 bits per heavy atom. The van der Waals surface area contributed by atoms with Crippen molar-refractivity contribution >= 4 is 68.2 Å². The topological polar surface area (TPSA) is 99.6 Å². The minimum Gasteiger partial charge on any atom is -0.508 e. The van der Waals surface area contributed by atoms with E-state index in [0.717, 1.165) is 116 Å². The maximum Gasteiger partial charge on any atom is 0.129 e. The molecular formula is C91H79N4O7Pd-. The first-order valence-electron chi connectivity index (χ1n) is 33.8. The van der Waals surface area contributed by atoms with Gasteiger partial charge < -0.3 is 60.9 Å². The normalized spacial score (nSPS) is 11.1. The summed E-state index contributed by atoms with van der Waals surface area (Å²) in [4.78, 5) is 8.58. The van der Waals surface area contributed by atoms with E-state index in [1.54, 1.807) is 24.3 Å². The Hall–Kier alpha value is -12.3. The van der Waals surface area contributed by atoms with Crippen molar-refractivity contribution in [2.75, 3.05) is 32.8 Å². The molecule has 11 nitrogen and oxygen atoms in total. The molecule has 0 aliphatic carbocycles. The van der Waals surface area contributed by atoms with Crippen LogP contribution in [0.25, 0.3) is 0 Å². The number of hydrogen-bond acceptors (Lipinski definition) is 11. The van der Waals surface area contributed by atoms with Gasteiger partial charge in [0.1, 0.15) is 59.2 Å². The number of aromatic hydroxyl groups is 2. The number of hydrogen-bond donors (Lipinski definition) is 2. The second kappa shape index (κ2) is 36.7. The van der Waals surface area contributed by atoms with Gasteiger partial charge in [-0.05, 0) is 194 Å². The zero-order valence-electron chi connectivity index (χ0n) is 57.1. The summed E-state index contributed by atoms with van der Waals surface area (Å²) >= 11 is 0. The molecule has 15 rings (SSSR count). The van der Waals surface area contributed by atoms with Crippen molar-refractivity contribution in [2.45, 2.75) is 26.1 Å². The molecule has 1 heterocycles. The number of ether oxygens (including phenoxy) is 5. The third-order valence-corrected chi connectivity index (χ3v) is 16.5. The van der Waals surface area contributed by atoms with Crippen LogP contribution in [0.15, 0.2) is 376 Å². The SMILES string of the molecule is C1CCOC1.Oc1cccc(N(c2ccccc2)c2ccc(Oc3cccc(N(c4ccccc4)c4cccc(O)c4)c3)cc2)c1.[CH3-].[Pd].c1ccc(COc2cccc(N(c3ccccc3)c3ccc(Oc4cccc(N(c5ccccc5)c5cccc(OCc6ccccc6)c5)c4)cc3)c2)cc1. The Morgan fingerprint density at radius 1 is 0.243 bits per heavy atom. The number of anilines is 12. The van der Waals surface area contributed by atoms with Gasteiger partial charge >= 0.3 is 0 Å². The van der Waals surface area contributed by atoms with Gasteiger partial charge in [0, 0.05) is 138 Å². The Bertz CT molecular complexity index is 4840. The third kappa shape index (κ3) is 19.8. The van der Waals surface area contributed by atoms with Gasteiger partial charge in [0.25, 0.3) is 0 Å². The first-order chi connectivity index (χ1) is 49.9. The molecule has 0 bridgehead atoms. The summed E-state index contributed by atoms with van der Waals surface area (Å²) in [5.74, 6) is 4.85. The van der Waals surface area contributed by atoms with Crippen LogP contribution in [-0.4, -0.2) is 23.4 Å². The van der Waals surface area contributed by atoms with Crippen LogP contribution < -0.4 is 38.5 Å². The molecule has 1 aliphatic rings. The van der Waals surface area contributed by atoms with Gasteiger partial charge in [-0.25, -0.2) is 0 Å². The number of para-hydroxylation sites is 4. The van der Waals surface area contributed by atoms with Crippen molar-refractivity contribution < 1.29 is 54.3 Å². The number of rotatable bonds is 22. The van der Waals surface area contributed by atoms with E-state index in [-0.39, 0.29) is 39.3 Å². The van der Waals surface area contributed by atoms with Crippen LogP contribution >= 0.6 is 0 Å². The first kappa shape index (κ1) is 72.0. The monoisotopic (exact) mass is 1450 g/mol. The molecular weight excluding hydrogens is 1370 g/mol. The molecule has 0 atom stereocenters. The zero-order valence-corrected chi connectivity index (χ0v) is 58.6. The molecule has 0 aromatic heterocycles. The largest absolute Gasteiger partial charge is 0.508 e. The maximum absolute atomic E-state index is 10.2. The van der Waals surface area contributed by atoms with Gasteiger partial charge in [0.2, 0.25) is 0 Å². The fourth-order valence-corrected chi connectivity index (χ4v) is 11.7. The van der Waals surface area contributed by atoms with Crippen LogP contribution in [0.4, 0.5) is 68.2 Å². The van der Waals surface area contributed by atoms with E-state index >= 15 is 0 Å². The smallest absolute Gasteiger partial charge is 0.129 e. The zero-order chi connectivity index (χ0) is 68.6. The van der Waals surface area contributed by atoms with Crippen LogP contribution in [-0.2, 0) is 38.4 Å². The van der Waals surface area contributed by atoms with Crippen molar-refractivity contribution in [1.82, 2.24) is 0 Å². The second-order valence-electron chi connectivity index (χ2n) is 23.8. The van der Waals surface area contributed by atoms with Crippen LogP contribution in [0.3, 0.4) is 0 Å². The number of phenolic OH excluding ortho intramolecular Hbond substituents is 2. The van der Waals surface area contributed by atoms with E-state index in [4.69, 9.17) is 23.7 Å². The van der Waals surface area contributed by atoms with Gasteiger partial charge in [-0.3, -0.25) is 0 Å². The van der Waals surface area contributed by atoms with Gasteiger partial charge in [-0.1, -0.05) is 170 Å². The average molecular weight is 1450 g/mol. The van der Waals surface area contributed by atoms with Crippen molar-refractivity contribution in [3.05, 3.63) is 395 Å². The molecule has 12 heteroatoms. The summed E-state index contributed by atoms with van der Waals surface area (Å²) in [5, 5.41) is 20.3. The van der Waals surface area contributed by atoms with Gasteiger partial charge in [-0.15, -0.1) is 0 Å². The quantitative estimate of drug-likeness (QED) is 0.0501. The maximum atomic E-state index is 10.2. The Balaban J connectivity index is 0.000000196. The van der Waals surface area contributed by atoms with Crippen molar-refractivity contribution in [1.29, 1.82) is 0 Å². The molecule has 516 valence electrons. The van der Waals surface area contributed by atoms with E-state index in [1.807, 2.05) is 243 Å². The standard InChI is InChI=1S/C50H40N2O3.C36H28N2O3.C4H8O.CH3.Pd/c1-5-16-39(17-6-1)37-53-48-27-13-24-44(34-48)51(41-20-9-3-10-21-41)43-30-32-47(33-31-43)55-50-29-15-26-46(36-50)52(42-22-11-4-12-23-42)45-25-14-28-49(35-45)54-38-40-18-7-2-8-19-40;39-33-17-7-14-30(24-33)37(27-10-3-1-4-11-27)29-20-22-35(23-21-29)41-36-19-9-16-32(26-36)38(28-12-5-2-6-13-28)31-15-8-18-34(40)25-31;1-2-4-5-3-1;;/h1-36H,37-38H2;1-26,39-40H;1-4H2;1H3;/q;;;-1;. The molecule has 1 saturated heterocycles. The number of nitrogens with zero attached hydrogens (tertiary/aromatic N) is 4. The minimum absolute atomic E-state index is 0. The van der Waals surface area contributed by atoms with Crippen molar-refractivity contribution in [3.63, 3.8) is 0 Å². The Morgan fingerprint density at radius 2 is 0.485 bits per heavy atom. The molecule has 103 heavy (non-hydrogen) atoms. The number of benzene rings is 14.